The van der Waals surface area contributed by atoms with Crippen molar-refractivity contribution in [2.24, 2.45) is 0 Å². The van der Waals surface area contributed by atoms with Crippen LogP contribution in [0.3, 0.4) is 0 Å². The van der Waals surface area contributed by atoms with E-state index in [4.69, 9.17) is 4.42 Å². The molecule has 0 spiro atoms. The maximum absolute atomic E-state index is 10.7. The van der Waals surface area contributed by atoms with E-state index in [-0.39, 0.29) is 5.41 Å². The normalized spacial score (nSPS) is 11.4. The largest absolute Gasteiger partial charge is 0.416 e. The van der Waals surface area contributed by atoms with Gasteiger partial charge < -0.3 is 4.42 Å². The van der Waals surface area contributed by atoms with Crippen LogP contribution in [-0.2, 0) is 5.41 Å². The minimum atomic E-state index is 0.110. The molecule has 0 amide bonds. The molecule has 116 valence electrons. The first-order valence-corrected chi connectivity index (χ1v) is 7.47. The van der Waals surface area contributed by atoms with Crippen LogP contribution in [0.25, 0.3) is 22.9 Å². The monoisotopic (exact) mass is 306 g/mol. The molecule has 0 N–H and O–H groups in total. The summed E-state index contributed by atoms with van der Waals surface area (Å²) in [5.74, 6) is 0.928. The number of rotatable bonds is 3. The summed E-state index contributed by atoms with van der Waals surface area (Å²) in [7, 11) is 0. The lowest BCUT2D eigenvalue weighted by molar-refractivity contribution is 0.112. The first-order chi connectivity index (χ1) is 11.0. The van der Waals surface area contributed by atoms with Gasteiger partial charge in [-0.15, -0.1) is 10.2 Å². The van der Waals surface area contributed by atoms with Crippen molar-refractivity contribution in [3.8, 4) is 22.9 Å². The molecule has 3 aromatic rings. The third-order valence-electron chi connectivity index (χ3n) is 3.72. The van der Waals surface area contributed by atoms with Gasteiger partial charge >= 0.3 is 0 Å². The fourth-order valence-corrected chi connectivity index (χ4v) is 2.27. The molecule has 0 unspecified atom stereocenters. The van der Waals surface area contributed by atoms with Gasteiger partial charge in [0.25, 0.3) is 0 Å². The average Bonchev–Trinajstić information content (AvgIpc) is 3.04. The van der Waals surface area contributed by atoms with Crippen molar-refractivity contribution >= 4 is 6.29 Å². The lowest BCUT2D eigenvalue weighted by Gasteiger charge is -2.18. The Morgan fingerprint density at radius 3 is 1.74 bits per heavy atom. The third kappa shape index (κ3) is 3.21. The molecule has 4 heteroatoms. The standard InChI is InChI=1S/C19H18N2O2/c1-19(2,3)16-10-8-15(9-11-16)18-21-20-17(23-18)14-6-4-13(12-22)5-7-14/h4-12H,1-3H3. The fourth-order valence-electron chi connectivity index (χ4n) is 2.27. The summed E-state index contributed by atoms with van der Waals surface area (Å²) in [6, 6.07) is 15.2. The minimum absolute atomic E-state index is 0.110. The molecule has 3 rings (SSSR count). The van der Waals surface area contributed by atoms with E-state index in [0.717, 1.165) is 17.4 Å². The van der Waals surface area contributed by atoms with Gasteiger partial charge in [0.05, 0.1) is 0 Å². The highest BCUT2D eigenvalue weighted by atomic mass is 16.4. The maximum Gasteiger partial charge on any atom is 0.248 e. The van der Waals surface area contributed by atoms with Gasteiger partial charge in [-0.1, -0.05) is 45.0 Å². The average molecular weight is 306 g/mol. The second-order valence-electron chi connectivity index (χ2n) is 6.48. The van der Waals surface area contributed by atoms with E-state index in [1.807, 2.05) is 12.1 Å². The molecule has 1 heterocycles. The Balaban J connectivity index is 1.87. The van der Waals surface area contributed by atoms with Gasteiger partial charge in [0.1, 0.15) is 6.29 Å². The van der Waals surface area contributed by atoms with Crippen molar-refractivity contribution in [1.29, 1.82) is 0 Å². The topological polar surface area (TPSA) is 56.0 Å². The van der Waals surface area contributed by atoms with Crippen LogP contribution in [0.1, 0.15) is 36.7 Å². The van der Waals surface area contributed by atoms with Crippen LogP contribution >= 0.6 is 0 Å². The molecule has 4 nitrogen and oxygen atoms in total. The predicted molar refractivity (Wildman–Crippen MR) is 89.3 cm³/mol. The van der Waals surface area contributed by atoms with Gasteiger partial charge in [-0.05, 0) is 35.2 Å². The first-order valence-electron chi connectivity index (χ1n) is 7.47. The molecule has 0 fully saturated rings. The first kappa shape index (κ1) is 15.2. The van der Waals surface area contributed by atoms with Crippen LogP contribution in [0, 0.1) is 0 Å². The second-order valence-corrected chi connectivity index (χ2v) is 6.48. The number of carbonyl (C=O) groups is 1. The minimum Gasteiger partial charge on any atom is -0.416 e. The number of aromatic nitrogens is 2. The maximum atomic E-state index is 10.7. The summed E-state index contributed by atoms with van der Waals surface area (Å²) in [5.41, 5.74) is 3.66. The highest BCUT2D eigenvalue weighted by molar-refractivity contribution is 5.76. The van der Waals surface area contributed by atoms with Crippen molar-refractivity contribution < 1.29 is 9.21 Å². The highest BCUT2D eigenvalue weighted by Gasteiger charge is 2.15. The van der Waals surface area contributed by atoms with Gasteiger partial charge in [-0.25, -0.2) is 0 Å². The lowest BCUT2D eigenvalue weighted by atomic mass is 9.87. The van der Waals surface area contributed by atoms with E-state index in [2.05, 4.69) is 43.1 Å². The van der Waals surface area contributed by atoms with Crippen molar-refractivity contribution in [3.05, 3.63) is 59.7 Å². The Labute approximate surface area is 135 Å². The smallest absolute Gasteiger partial charge is 0.248 e. The molecule has 0 saturated heterocycles. The van der Waals surface area contributed by atoms with Crippen LogP contribution in [0.2, 0.25) is 0 Å². The molecule has 2 aromatic carbocycles. The molecule has 0 aliphatic rings. The number of carbonyl (C=O) groups excluding carboxylic acids is 1. The Kier molecular flexibility index (Phi) is 3.82. The molecule has 0 atom stereocenters. The molecule has 0 bridgehead atoms. The SMILES string of the molecule is CC(C)(C)c1ccc(-c2nnc(-c3ccc(C=O)cc3)o2)cc1. The molecule has 23 heavy (non-hydrogen) atoms. The van der Waals surface area contributed by atoms with Crippen LogP contribution in [0.15, 0.2) is 52.9 Å². The Bertz CT molecular complexity index is 810. The number of nitrogens with zero attached hydrogens (tertiary/aromatic N) is 2. The van der Waals surface area contributed by atoms with E-state index in [9.17, 15) is 4.79 Å². The molecular weight excluding hydrogens is 288 g/mol. The van der Waals surface area contributed by atoms with Gasteiger partial charge in [-0.2, -0.15) is 0 Å². The van der Waals surface area contributed by atoms with Crippen molar-refractivity contribution in [1.82, 2.24) is 10.2 Å². The van der Waals surface area contributed by atoms with E-state index in [1.54, 1.807) is 24.3 Å². The van der Waals surface area contributed by atoms with Crippen molar-refractivity contribution in [2.75, 3.05) is 0 Å². The molecule has 0 aliphatic carbocycles. The fraction of sp³-hybridized carbons (Fsp3) is 0.211. The molecule has 0 radical (unpaired) electrons. The molecule has 0 aliphatic heterocycles. The quantitative estimate of drug-likeness (QED) is 0.668. The third-order valence-corrected chi connectivity index (χ3v) is 3.72. The number of hydrogen-bond acceptors (Lipinski definition) is 4. The van der Waals surface area contributed by atoms with Crippen LogP contribution in [0.4, 0.5) is 0 Å². The Morgan fingerprint density at radius 2 is 1.30 bits per heavy atom. The lowest BCUT2D eigenvalue weighted by Crippen LogP contribution is -2.10. The zero-order valence-corrected chi connectivity index (χ0v) is 13.4. The zero-order valence-electron chi connectivity index (χ0n) is 13.4. The number of benzene rings is 2. The summed E-state index contributed by atoms with van der Waals surface area (Å²) in [5, 5.41) is 8.20. The second kappa shape index (κ2) is 5.80. The van der Waals surface area contributed by atoms with Crippen LogP contribution in [0.5, 0.6) is 0 Å². The van der Waals surface area contributed by atoms with Crippen LogP contribution < -0.4 is 0 Å². The Morgan fingerprint density at radius 1 is 0.826 bits per heavy atom. The molecule has 1 aromatic heterocycles. The summed E-state index contributed by atoms with van der Waals surface area (Å²) >= 11 is 0. The van der Waals surface area contributed by atoms with Crippen molar-refractivity contribution in [2.45, 2.75) is 26.2 Å². The van der Waals surface area contributed by atoms with Gasteiger partial charge in [0, 0.05) is 16.7 Å². The summed E-state index contributed by atoms with van der Waals surface area (Å²) in [6.07, 6.45) is 0.805. The van der Waals surface area contributed by atoms with Gasteiger partial charge in [0.2, 0.25) is 11.8 Å². The molecular formula is C19H18N2O2. The van der Waals surface area contributed by atoms with Crippen LogP contribution in [-0.4, -0.2) is 16.5 Å². The summed E-state index contributed by atoms with van der Waals surface area (Å²) in [4.78, 5) is 10.7. The summed E-state index contributed by atoms with van der Waals surface area (Å²) < 4.78 is 5.74. The number of hydrogen-bond donors (Lipinski definition) is 0. The predicted octanol–water partition coefficient (Wildman–Crippen LogP) is 4.51. The Hall–Kier alpha value is -2.75. The zero-order chi connectivity index (χ0) is 16.4. The summed E-state index contributed by atoms with van der Waals surface area (Å²) in [6.45, 7) is 6.53. The number of aldehydes is 1. The van der Waals surface area contributed by atoms with Gasteiger partial charge in [0.15, 0.2) is 0 Å². The molecule has 0 saturated carbocycles. The van der Waals surface area contributed by atoms with E-state index in [1.165, 1.54) is 5.56 Å². The van der Waals surface area contributed by atoms with E-state index < -0.39 is 0 Å². The van der Waals surface area contributed by atoms with E-state index >= 15 is 0 Å². The highest BCUT2D eigenvalue weighted by Crippen LogP contribution is 2.27. The van der Waals surface area contributed by atoms with Crippen molar-refractivity contribution in [3.63, 3.8) is 0 Å². The van der Waals surface area contributed by atoms with E-state index in [0.29, 0.717) is 17.3 Å². The van der Waals surface area contributed by atoms with Gasteiger partial charge in [-0.3, -0.25) is 4.79 Å².